The van der Waals surface area contributed by atoms with Gasteiger partial charge in [0.2, 0.25) is 0 Å². The first kappa shape index (κ1) is 22.7. The van der Waals surface area contributed by atoms with Crippen LogP contribution < -0.4 is 0 Å². The van der Waals surface area contributed by atoms with Gasteiger partial charge in [0.15, 0.2) is 0 Å². The van der Waals surface area contributed by atoms with Gasteiger partial charge in [-0.15, -0.1) is 0 Å². The van der Waals surface area contributed by atoms with Crippen molar-refractivity contribution in [2.45, 2.75) is 117 Å². The molecule has 0 amide bonds. The van der Waals surface area contributed by atoms with Crippen LogP contribution in [0.4, 0.5) is 0 Å². The fraction of sp³-hybridized carbons (Fsp3) is 0.867. The van der Waals surface area contributed by atoms with E-state index < -0.39 is 0 Å². The second kappa shape index (κ2) is 11.4. The molecule has 0 nitrogen and oxygen atoms in total. The molecule has 0 N–H and O–H groups in total. The highest BCUT2D eigenvalue weighted by molar-refractivity contribution is 4.93. The molecule has 0 atom stereocenters. The Kier molecular flexibility index (Phi) is 8.60. The van der Waals surface area contributed by atoms with E-state index in [1.165, 1.54) is 51.4 Å². The van der Waals surface area contributed by atoms with Crippen LogP contribution in [0.3, 0.4) is 0 Å². The summed E-state index contributed by atoms with van der Waals surface area (Å²) in [7, 11) is 0. The Balaban J connectivity index is 1.15. The van der Waals surface area contributed by atoms with E-state index in [0.717, 1.165) is 47.3 Å². The van der Waals surface area contributed by atoms with Gasteiger partial charge in [0, 0.05) is 0 Å². The highest BCUT2D eigenvalue weighted by Crippen LogP contribution is 2.48. The molecule has 4 aliphatic carbocycles. The highest BCUT2D eigenvalue weighted by Gasteiger charge is 2.36. The van der Waals surface area contributed by atoms with Crippen molar-refractivity contribution < 1.29 is 0 Å². The van der Waals surface area contributed by atoms with Crippen molar-refractivity contribution >= 4 is 0 Å². The van der Waals surface area contributed by atoms with Crippen molar-refractivity contribution in [2.75, 3.05) is 0 Å². The minimum atomic E-state index is 0.899. The van der Waals surface area contributed by atoms with Gasteiger partial charge in [-0.1, -0.05) is 24.3 Å². The van der Waals surface area contributed by atoms with Crippen LogP contribution in [0.1, 0.15) is 117 Å². The largest absolute Gasteiger partial charge is 0.0914 e. The summed E-state index contributed by atoms with van der Waals surface area (Å²) in [6.07, 6.45) is 34.0. The molecule has 0 saturated heterocycles. The third kappa shape index (κ3) is 5.83. The van der Waals surface area contributed by atoms with Gasteiger partial charge in [0.05, 0.1) is 0 Å². The predicted octanol–water partition coefficient (Wildman–Crippen LogP) is 9.36. The van der Waals surface area contributed by atoms with Gasteiger partial charge >= 0.3 is 0 Å². The minimum absolute atomic E-state index is 0.899. The highest BCUT2D eigenvalue weighted by atomic mass is 14.4. The molecule has 0 aliphatic heterocycles. The Morgan fingerprint density at radius 1 is 0.333 bits per heavy atom. The SMILES string of the molecule is CC=CC1CCC(C2CCC(C3CCC(C4CCC(C=CC)CC4)CC3)CC2)CC1. The summed E-state index contributed by atoms with van der Waals surface area (Å²) in [5, 5.41) is 0. The lowest BCUT2D eigenvalue weighted by Gasteiger charge is -2.43. The molecule has 0 unspecified atom stereocenters. The Bertz CT molecular complexity index is 474. The van der Waals surface area contributed by atoms with E-state index in [1.807, 2.05) is 0 Å². The van der Waals surface area contributed by atoms with Gasteiger partial charge in [0.25, 0.3) is 0 Å². The molecule has 0 heteroatoms. The first-order valence-corrected chi connectivity index (χ1v) is 14.0. The molecule has 4 saturated carbocycles. The van der Waals surface area contributed by atoms with Crippen LogP contribution in [0.5, 0.6) is 0 Å². The Morgan fingerprint density at radius 2 is 0.533 bits per heavy atom. The van der Waals surface area contributed by atoms with E-state index in [0.29, 0.717) is 0 Å². The Labute approximate surface area is 188 Å². The smallest absolute Gasteiger partial charge is 0.0233 e. The zero-order chi connectivity index (χ0) is 20.8. The molecular weight excluding hydrogens is 360 g/mol. The summed E-state index contributed by atoms with van der Waals surface area (Å²) in [5.41, 5.74) is 0. The fourth-order valence-corrected chi connectivity index (χ4v) is 8.34. The van der Waals surface area contributed by atoms with E-state index in [9.17, 15) is 0 Å². The van der Waals surface area contributed by atoms with Crippen molar-refractivity contribution in [1.82, 2.24) is 0 Å². The zero-order valence-electron chi connectivity index (χ0n) is 20.2. The van der Waals surface area contributed by atoms with E-state index in [1.54, 1.807) is 51.4 Å². The summed E-state index contributed by atoms with van der Waals surface area (Å²) in [5.74, 6) is 8.28. The number of allylic oxidation sites excluding steroid dienone is 4. The average molecular weight is 411 g/mol. The molecule has 0 heterocycles. The number of rotatable bonds is 5. The maximum absolute atomic E-state index is 2.47. The van der Waals surface area contributed by atoms with E-state index in [2.05, 4.69) is 38.2 Å². The van der Waals surface area contributed by atoms with Gasteiger partial charge in [-0.25, -0.2) is 0 Å². The van der Waals surface area contributed by atoms with E-state index in [-0.39, 0.29) is 0 Å². The molecule has 4 fully saturated rings. The van der Waals surface area contributed by atoms with Crippen LogP contribution in [-0.2, 0) is 0 Å². The summed E-state index contributed by atoms with van der Waals surface area (Å²) in [6.45, 7) is 4.38. The van der Waals surface area contributed by atoms with Gasteiger partial charge in [-0.3, -0.25) is 0 Å². The minimum Gasteiger partial charge on any atom is -0.0914 e. The average Bonchev–Trinajstić information content (AvgIpc) is 2.81. The third-order valence-corrected chi connectivity index (χ3v) is 10.2. The molecular formula is C30H50. The van der Waals surface area contributed by atoms with Crippen molar-refractivity contribution in [2.24, 2.45) is 47.3 Å². The van der Waals surface area contributed by atoms with Crippen LogP contribution in [0.2, 0.25) is 0 Å². The number of hydrogen-bond acceptors (Lipinski definition) is 0. The van der Waals surface area contributed by atoms with Gasteiger partial charge in [0.1, 0.15) is 0 Å². The van der Waals surface area contributed by atoms with Crippen LogP contribution in [0.25, 0.3) is 0 Å². The molecule has 0 spiro atoms. The lowest BCUT2D eigenvalue weighted by Crippen LogP contribution is -2.31. The number of hydrogen-bond donors (Lipinski definition) is 0. The fourth-order valence-electron chi connectivity index (χ4n) is 8.34. The molecule has 30 heavy (non-hydrogen) atoms. The Morgan fingerprint density at radius 3 is 0.733 bits per heavy atom. The summed E-state index contributed by atoms with van der Waals surface area (Å²) in [6, 6.07) is 0. The van der Waals surface area contributed by atoms with Crippen LogP contribution in [0.15, 0.2) is 24.3 Å². The molecule has 0 aromatic rings. The first-order valence-electron chi connectivity index (χ1n) is 14.0. The Hall–Kier alpha value is -0.520. The summed E-state index contributed by atoms with van der Waals surface area (Å²) >= 11 is 0. The quantitative estimate of drug-likeness (QED) is 0.396. The second-order valence-electron chi connectivity index (χ2n) is 11.8. The molecule has 4 rings (SSSR count). The summed E-state index contributed by atoms with van der Waals surface area (Å²) < 4.78 is 0. The van der Waals surface area contributed by atoms with Crippen LogP contribution in [-0.4, -0.2) is 0 Å². The standard InChI is InChI=1S/C30H50/c1-3-5-23-7-11-25(12-8-23)27-15-19-29(20-16-27)30-21-17-28(18-22-30)26-13-9-24(6-4-2)10-14-26/h3-6,23-30H,7-22H2,1-2H3. The lowest BCUT2D eigenvalue weighted by molar-refractivity contribution is 0.0898. The lowest BCUT2D eigenvalue weighted by atomic mass is 9.63. The molecule has 0 aromatic carbocycles. The molecule has 4 aliphatic rings. The summed E-state index contributed by atoms with van der Waals surface area (Å²) in [4.78, 5) is 0. The molecule has 170 valence electrons. The van der Waals surface area contributed by atoms with E-state index >= 15 is 0 Å². The first-order chi connectivity index (χ1) is 14.8. The van der Waals surface area contributed by atoms with Gasteiger partial charge in [-0.05, 0) is 164 Å². The predicted molar refractivity (Wildman–Crippen MR) is 131 cm³/mol. The zero-order valence-corrected chi connectivity index (χ0v) is 20.2. The normalized spacial score (nSPS) is 43.9. The van der Waals surface area contributed by atoms with Crippen molar-refractivity contribution in [3.8, 4) is 0 Å². The second-order valence-corrected chi connectivity index (χ2v) is 11.8. The van der Waals surface area contributed by atoms with Crippen molar-refractivity contribution in [3.63, 3.8) is 0 Å². The maximum Gasteiger partial charge on any atom is -0.0233 e. The molecule has 0 aromatic heterocycles. The van der Waals surface area contributed by atoms with Crippen molar-refractivity contribution in [1.29, 1.82) is 0 Å². The maximum atomic E-state index is 2.47. The van der Waals surface area contributed by atoms with Crippen molar-refractivity contribution in [3.05, 3.63) is 24.3 Å². The molecule has 0 bridgehead atoms. The van der Waals surface area contributed by atoms with Crippen LogP contribution >= 0.6 is 0 Å². The topological polar surface area (TPSA) is 0 Å². The van der Waals surface area contributed by atoms with Crippen LogP contribution in [0, 0.1) is 47.3 Å². The monoisotopic (exact) mass is 410 g/mol. The van der Waals surface area contributed by atoms with Gasteiger partial charge in [-0.2, -0.15) is 0 Å². The molecule has 0 radical (unpaired) electrons. The van der Waals surface area contributed by atoms with E-state index in [4.69, 9.17) is 0 Å². The third-order valence-electron chi connectivity index (χ3n) is 10.2. The van der Waals surface area contributed by atoms with Gasteiger partial charge < -0.3 is 0 Å².